The summed E-state index contributed by atoms with van der Waals surface area (Å²) in [6.07, 6.45) is 2.53. The predicted octanol–water partition coefficient (Wildman–Crippen LogP) is 2.77. The Bertz CT molecular complexity index is 416. The Morgan fingerprint density at radius 3 is 3.00 bits per heavy atom. The molecule has 1 saturated carbocycles. The van der Waals surface area contributed by atoms with Crippen molar-refractivity contribution in [2.24, 2.45) is 0 Å². The Morgan fingerprint density at radius 1 is 1.59 bits per heavy atom. The fraction of sp³-hybridized carbons (Fsp3) is 0.462. The van der Waals surface area contributed by atoms with Crippen LogP contribution in [0.5, 0.6) is 5.75 Å². The van der Waals surface area contributed by atoms with E-state index in [1.165, 1.54) is 12.8 Å². The van der Waals surface area contributed by atoms with Crippen LogP contribution < -0.4 is 10.1 Å². The molecule has 92 valence electrons. The minimum absolute atomic E-state index is 0.322. The third-order valence-electron chi connectivity index (χ3n) is 2.59. The first-order chi connectivity index (χ1) is 8.15. The molecule has 2 rings (SSSR count). The highest BCUT2D eigenvalue weighted by Gasteiger charge is 2.21. The summed E-state index contributed by atoms with van der Waals surface area (Å²) in [7, 11) is 0. The van der Waals surface area contributed by atoms with Gasteiger partial charge in [-0.3, -0.25) is 4.98 Å². The van der Waals surface area contributed by atoms with Crippen LogP contribution in [0, 0.1) is 6.92 Å². The Labute approximate surface area is 107 Å². The van der Waals surface area contributed by atoms with Gasteiger partial charge in [0.1, 0.15) is 12.4 Å². The van der Waals surface area contributed by atoms with Crippen LogP contribution in [0.15, 0.2) is 23.7 Å². The number of hydrogen-bond donors (Lipinski definition) is 1. The van der Waals surface area contributed by atoms with E-state index in [4.69, 9.17) is 16.3 Å². The number of pyridine rings is 1. The highest BCUT2D eigenvalue weighted by molar-refractivity contribution is 6.29. The van der Waals surface area contributed by atoms with Crippen molar-refractivity contribution in [2.75, 3.05) is 6.61 Å². The van der Waals surface area contributed by atoms with E-state index in [0.29, 0.717) is 17.7 Å². The van der Waals surface area contributed by atoms with E-state index in [0.717, 1.165) is 23.7 Å². The molecule has 1 aliphatic rings. The second kappa shape index (κ2) is 5.52. The third kappa shape index (κ3) is 4.02. The first kappa shape index (κ1) is 12.4. The molecule has 1 fully saturated rings. The average Bonchev–Trinajstić information content (AvgIpc) is 3.08. The van der Waals surface area contributed by atoms with Crippen molar-refractivity contribution in [1.29, 1.82) is 0 Å². The molecule has 0 atom stereocenters. The summed E-state index contributed by atoms with van der Waals surface area (Å²) in [5.74, 6) is 0.783. The maximum Gasteiger partial charge on any atom is 0.142 e. The van der Waals surface area contributed by atoms with Crippen molar-refractivity contribution in [3.63, 3.8) is 0 Å². The normalized spacial score (nSPS) is 14.7. The van der Waals surface area contributed by atoms with Gasteiger partial charge in [0.15, 0.2) is 0 Å². The molecule has 4 heteroatoms. The van der Waals surface area contributed by atoms with Gasteiger partial charge in [0, 0.05) is 23.3 Å². The molecule has 3 nitrogen and oxygen atoms in total. The molecule has 1 aliphatic carbocycles. The molecule has 1 N–H and O–H groups in total. The number of ether oxygens (including phenoxy) is 1. The van der Waals surface area contributed by atoms with Crippen LogP contribution in [0.2, 0.25) is 0 Å². The summed E-state index contributed by atoms with van der Waals surface area (Å²) in [6, 6.07) is 4.53. The summed E-state index contributed by atoms with van der Waals surface area (Å²) in [5.41, 5.74) is 1.93. The summed E-state index contributed by atoms with van der Waals surface area (Å²) in [4.78, 5) is 4.49. The summed E-state index contributed by atoms with van der Waals surface area (Å²) < 4.78 is 5.57. The summed E-state index contributed by atoms with van der Waals surface area (Å²) in [5, 5.41) is 3.92. The van der Waals surface area contributed by atoms with Gasteiger partial charge < -0.3 is 10.1 Å². The summed E-state index contributed by atoms with van der Waals surface area (Å²) >= 11 is 5.69. The van der Waals surface area contributed by atoms with Crippen LogP contribution in [0.1, 0.15) is 24.2 Å². The fourth-order valence-corrected chi connectivity index (χ4v) is 1.59. The third-order valence-corrected chi connectivity index (χ3v) is 2.70. The van der Waals surface area contributed by atoms with E-state index in [-0.39, 0.29) is 0 Å². The Hall–Kier alpha value is -1.06. The number of nitrogens with zero attached hydrogens (tertiary/aromatic N) is 1. The van der Waals surface area contributed by atoms with E-state index >= 15 is 0 Å². The van der Waals surface area contributed by atoms with Crippen LogP contribution in [-0.4, -0.2) is 17.6 Å². The first-order valence-corrected chi connectivity index (χ1v) is 6.19. The lowest BCUT2D eigenvalue weighted by Gasteiger charge is -2.11. The van der Waals surface area contributed by atoms with Gasteiger partial charge in [-0.05, 0) is 31.9 Å². The minimum Gasteiger partial charge on any atom is -0.486 e. The van der Waals surface area contributed by atoms with Crippen LogP contribution in [-0.2, 0) is 6.54 Å². The van der Waals surface area contributed by atoms with E-state index < -0.39 is 0 Å². The molecule has 1 heterocycles. The highest BCUT2D eigenvalue weighted by atomic mass is 35.5. The number of aromatic nitrogens is 1. The zero-order valence-electron chi connectivity index (χ0n) is 10.0. The Kier molecular flexibility index (Phi) is 4.02. The van der Waals surface area contributed by atoms with E-state index in [2.05, 4.69) is 16.9 Å². The number of hydrogen-bond acceptors (Lipinski definition) is 3. The maximum absolute atomic E-state index is 5.69. The van der Waals surface area contributed by atoms with Gasteiger partial charge in [0.2, 0.25) is 0 Å². The molecule has 1 aromatic heterocycles. The van der Waals surface area contributed by atoms with Gasteiger partial charge in [-0.2, -0.15) is 0 Å². The van der Waals surface area contributed by atoms with Crippen LogP contribution in [0.3, 0.4) is 0 Å². The number of halogens is 1. The van der Waals surface area contributed by atoms with E-state index in [9.17, 15) is 0 Å². The van der Waals surface area contributed by atoms with Crippen molar-refractivity contribution in [3.8, 4) is 5.75 Å². The minimum atomic E-state index is 0.322. The quantitative estimate of drug-likeness (QED) is 0.845. The zero-order chi connectivity index (χ0) is 12.3. The molecular weight excluding hydrogens is 236 g/mol. The SMILES string of the molecule is C=C(Cl)COc1ccc(C)nc1CNC1CC1. The first-order valence-electron chi connectivity index (χ1n) is 5.81. The molecule has 0 saturated heterocycles. The Morgan fingerprint density at radius 2 is 2.35 bits per heavy atom. The lowest BCUT2D eigenvalue weighted by molar-refractivity contribution is 0.351. The number of nitrogens with one attached hydrogen (secondary N) is 1. The Balaban J connectivity index is 2.02. The van der Waals surface area contributed by atoms with Gasteiger partial charge >= 0.3 is 0 Å². The van der Waals surface area contributed by atoms with Crippen molar-refractivity contribution in [3.05, 3.63) is 35.1 Å². The van der Waals surface area contributed by atoms with Crippen molar-refractivity contribution in [2.45, 2.75) is 32.4 Å². The average molecular weight is 253 g/mol. The molecule has 0 spiro atoms. The lowest BCUT2D eigenvalue weighted by atomic mass is 10.3. The van der Waals surface area contributed by atoms with Crippen molar-refractivity contribution >= 4 is 11.6 Å². The second-order valence-corrected chi connectivity index (χ2v) is 4.89. The predicted molar refractivity (Wildman–Crippen MR) is 69.3 cm³/mol. The van der Waals surface area contributed by atoms with Gasteiger partial charge in [-0.1, -0.05) is 18.2 Å². The second-order valence-electron chi connectivity index (χ2n) is 4.36. The topological polar surface area (TPSA) is 34.1 Å². The maximum atomic E-state index is 5.69. The summed E-state index contributed by atoms with van der Waals surface area (Å²) in [6.45, 7) is 6.65. The van der Waals surface area contributed by atoms with Crippen LogP contribution >= 0.6 is 11.6 Å². The smallest absolute Gasteiger partial charge is 0.142 e. The molecule has 0 amide bonds. The van der Waals surface area contributed by atoms with Crippen LogP contribution in [0.25, 0.3) is 0 Å². The molecule has 0 aliphatic heterocycles. The highest BCUT2D eigenvalue weighted by Crippen LogP contribution is 2.22. The standard InChI is InChI=1S/C13H17ClN2O/c1-9(14)8-17-13-6-3-10(2)16-12(13)7-15-11-4-5-11/h3,6,11,15H,1,4-5,7-8H2,2H3. The monoisotopic (exact) mass is 252 g/mol. The van der Waals surface area contributed by atoms with Crippen molar-refractivity contribution in [1.82, 2.24) is 10.3 Å². The number of aryl methyl sites for hydroxylation is 1. The van der Waals surface area contributed by atoms with Gasteiger partial charge in [0.25, 0.3) is 0 Å². The largest absolute Gasteiger partial charge is 0.486 e. The van der Waals surface area contributed by atoms with Gasteiger partial charge in [0.05, 0.1) is 5.69 Å². The van der Waals surface area contributed by atoms with E-state index in [1.807, 2.05) is 19.1 Å². The van der Waals surface area contributed by atoms with Crippen molar-refractivity contribution < 1.29 is 4.74 Å². The zero-order valence-corrected chi connectivity index (χ0v) is 10.8. The molecular formula is C13H17ClN2O. The van der Waals surface area contributed by atoms with Gasteiger partial charge in [-0.25, -0.2) is 0 Å². The fourth-order valence-electron chi connectivity index (χ4n) is 1.54. The molecule has 0 radical (unpaired) electrons. The molecule has 17 heavy (non-hydrogen) atoms. The van der Waals surface area contributed by atoms with E-state index in [1.54, 1.807) is 0 Å². The molecule has 0 aromatic carbocycles. The molecule has 0 unspecified atom stereocenters. The lowest BCUT2D eigenvalue weighted by Crippen LogP contribution is -2.17. The molecule has 1 aromatic rings. The molecule has 0 bridgehead atoms. The van der Waals surface area contributed by atoms with Gasteiger partial charge in [-0.15, -0.1) is 0 Å². The van der Waals surface area contributed by atoms with Crippen LogP contribution in [0.4, 0.5) is 0 Å². The number of rotatable bonds is 6.